The van der Waals surface area contributed by atoms with E-state index >= 15 is 0 Å². The molecule has 4 heteroatoms. The van der Waals surface area contributed by atoms with Crippen LogP contribution in [0.1, 0.15) is 18.4 Å². The number of carbonyl (C=O) groups excluding carboxylic acids is 1. The van der Waals surface area contributed by atoms with Crippen LogP contribution in [0.3, 0.4) is 0 Å². The summed E-state index contributed by atoms with van der Waals surface area (Å²) >= 11 is 0. The minimum absolute atomic E-state index is 0.0623. The van der Waals surface area contributed by atoms with Crippen molar-refractivity contribution in [1.82, 2.24) is 0 Å². The van der Waals surface area contributed by atoms with Crippen molar-refractivity contribution in [3.8, 4) is 0 Å². The molecule has 0 heterocycles. The molecule has 2 N–H and O–H groups in total. The van der Waals surface area contributed by atoms with Crippen LogP contribution in [-0.4, -0.2) is 25.9 Å². The fourth-order valence-corrected chi connectivity index (χ4v) is 1.77. The van der Waals surface area contributed by atoms with Crippen molar-refractivity contribution in [2.24, 2.45) is 5.73 Å². The van der Waals surface area contributed by atoms with Crippen LogP contribution in [0.5, 0.6) is 0 Å². The Morgan fingerprint density at radius 3 is 2.29 bits per heavy atom. The number of amides is 1. The Kier molecular flexibility index (Phi) is 5.12. The fourth-order valence-electron chi connectivity index (χ4n) is 1.77. The van der Waals surface area contributed by atoms with Gasteiger partial charge in [-0.2, -0.15) is 0 Å². The first kappa shape index (κ1) is 13.7. The van der Waals surface area contributed by atoms with Crippen LogP contribution < -0.4 is 5.73 Å². The normalized spacial score (nSPS) is 11.4. The molecule has 1 amide bonds. The molecule has 0 spiro atoms. The summed E-state index contributed by atoms with van der Waals surface area (Å²) in [6, 6.07) is 9.98. The van der Waals surface area contributed by atoms with Crippen molar-refractivity contribution >= 4 is 5.91 Å². The zero-order chi connectivity index (χ0) is 12.7. The maximum atomic E-state index is 11.0. The molecule has 0 radical (unpaired) electrons. The summed E-state index contributed by atoms with van der Waals surface area (Å²) in [5.74, 6) is -1.34. The van der Waals surface area contributed by atoms with Crippen molar-refractivity contribution in [3.05, 3.63) is 35.9 Å². The van der Waals surface area contributed by atoms with Gasteiger partial charge in [-0.1, -0.05) is 30.3 Å². The van der Waals surface area contributed by atoms with Crippen LogP contribution in [0.15, 0.2) is 30.3 Å². The van der Waals surface area contributed by atoms with E-state index in [9.17, 15) is 4.79 Å². The zero-order valence-electron chi connectivity index (χ0n) is 10.3. The molecule has 0 aliphatic carbocycles. The van der Waals surface area contributed by atoms with E-state index in [1.807, 2.05) is 30.3 Å². The summed E-state index contributed by atoms with van der Waals surface area (Å²) in [6.45, 7) is 0. The summed E-state index contributed by atoms with van der Waals surface area (Å²) in [6.07, 6.45) is 1.43. The Balaban J connectivity index is 2.64. The van der Waals surface area contributed by atoms with Gasteiger partial charge in [0.05, 0.1) is 6.42 Å². The summed E-state index contributed by atoms with van der Waals surface area (Å²) in [7, 11) is 3.05. The Hall–Kier alpha value is -1.39. The van der Waals surface area contributed by atoms with Crippen LogP contribution in [0.2, 0.25) is 0 Å². The Morgan fingerprint density at radius 2 is 1.82 bits per heavy atom. The van der Waals surface area contributed by atoms with E-state index in [1.54, 1.807) is 0 Å². The van der Waals surface area contributed by atoms with Gasteiger partial charge in [-0.25, -0.2) is 0 Å². The van der Waals surface area contributed by atoms with Gasteiger partial charge in [0.2, 0.25) is 5.91 Å². The lowest BCUT2D eigenvalue weighted by molar-refractivity contribution is -0.213. The third-order valence-electron chi connectivity index (χ3n) is 2.82. The number of rotatable bonds is 7. The molecule has 0 unspecified atom stereocenters. The lowest BCUT2D eigenvalue weighted by Gasteiger charge is -2.29. The SMILES string of the molecule is COC(CCc1ccccc1)(CC(N)=O)OC. The fraction of sp³-hybridized carbons (Fsp3) is 0.462. The average molecular weight is 237 g/mol. The van der Waals surface area contributed by atoms with Crippen LogP contribution in [0.25, 0.3) is 0 Å². The third-order valence-corrected chi connectivity index (χ3v) is 2.82. The predicted octanol–water partition coefficient (Wildman–Crippen LogP) is 1.48. The van der Waals surface area contributed by atoms with Crippen molar-refractivity contribution in [2.75, 3.05) is 14.2 Å². The van der Waals surface area contributed by atoms with Gasteiger partial charge in [-0.05, 0) is 12.0 Å². The number of primary amides is 1. The molecule has 1 aromatic rings. The molecule has 0 atom stereocenters. The lowest BCUT2D eigenvalue weighted by Crippen LogP contribution is -2.39. The zero-order valence-corrected chi connectivity index (χ0v) is 10.3. The van der Waals surface area contributed by atoms with E-state index in [-0.39, 0.29) is 6.42 Å². The minimum atomic E-state index is -0.915. The first-order chi connectivity index (χ1) is 8.12. The number of aryl methyl sites for hydroxylation is 1. The minimum Gasteiger partial charge on any atom is -0.370 e. The third kappa shape index (κ3) is 4.17. The lowest BCUT2D eigenvalue weighted by atomic mass is 10.0. The summed E-state index contributed by atoms with van der Waals surface area (Å²) < 4.78 is 10.6. The monoisotopic (exact) mass is 237 g/mol. The molecule has 0 aromatic heterocycles. The van der Waals surface area contributed by atoms with Gasteiger partial charge in [0, 0.05) is 20.6 Å². The van der Waals surface area contributed by atoms with E-state index in [2.05, 4.69) is 0 Å². The van der Waals surface area contributed by atoms with Crippen LogP contribution in [-0.2, 0) is 20.7 Å². The second-order valence-corrected chi connectivity index (χ2v) is 3.95. The number of carbonyl (C=O) groups is 1. The maximum absolute atomic E-state index is 11.0. The average Bonchev–Trinajstić information content (AvgIpc) is 2.35. The molecule has 4 nitrogen and oxygen atoms in total. The number of hydrogen-bond acceptors (Lipinski definition) is 3. The molecule has 0 aliphatic heterocycles. The molecule has 17 heavy (non-hydrogen) atoms. The van der Waals surface area contributed by atoms with Gasteiger partial charge in [-0.3, -0.25) is 4.79 Å². The van der Waals surface area contributed by atoms with Gasteiger partial charge in [-0.15, -0.1) is 0 Å². The van der Waals surface area contributed by atoms with Gasteiger partial charge in [0.15, 0.2) is 5.79 Å². The Morgan fingerprint density at radius 1 is 1.24 bits per heavy atom. The molecule has 0 bridgehead atoms. The van der Waals surface area contributed by atoms with Gasteiger partial charge < -0.3 is 15.2 Å². The largest absolute Gasteiger partial charge is 0.370 e. The Labute approximate surface area is 102 Å². The number of methoxy groups -OCH3 is 2. The standard InChI is InChI=1S/C13H19NO3/c1-16-13(17-2,10-12(14)15)9-8-11-6-4-3-5-7-11/h3-7H,8-10H2,1-2H3,(H2,14,15). The molecular formula is C13H19NO3. The maximum Gasteiger partial charge on any atom is 0.222 e. The number of ether oxygens (including phenoxy) is 2. The molecule has 0 fully saturated rings. The molecule has 0 aliphatic rings. The van der Waals surface area contributed by atoms with Crippen LogP contribution in [0.4, 0.5) is 0 Å². The number of nitrogens with two attached hydrogens (primary N) is 1. The quantitative estimate of drug-likeness (QED) is 0.731. The predicted molar refractivity (Wildman–Crippen MR) is 65.3 cm³/mol. The van der Waals surface area contributed by atoms with E-state index in [0.717, 1.165) is 6.42 Å². The highest BCUT2D eigenvalue weighted by Crippen LogP contribution is 2.23. The van der Waals surface area contributed by atoms with Gasteiger partial charge in [0.25, 0.3) is 0 Å². The van der Waals surface area contributed by atoms with Crippen molar-refractivity contribution in [1.29, 1.82) is 0 Å². The second kappa shape index (κ2) is 6.37. The van der Waals surface area contributed by atoms with E-state index in [4.69, 9.17) is 15.2 Å². The topological polar surface area (TPSA) is 61.5 Å². The van der Waals surface area contributed by atoms with Crippen molar-refractivity contribution < 1.29 is 14.3 Å². The highest BCUT2D eigenvalue weighted by atomic mass is 16.7. The first-order valence-electron chi connectivity index (χ1n) is 5.54. The number of hydrogen-bond donors (Lipinski definition) is 1. The van der Waals surface area contributed by atoms with Crippen LogP contribution in [0, 0.1) is 0 Å². The molecule has 94 valence electrons. The first-order valence-corrected chi connectivity index (χ1v) is 5.54. The second-order valence-electron chi connectivity index (χ2n) is 3.95. The smallest absolute Gasteiger partial charge is 0.222 e. The van der Waals surface area contributed by atoms with E-state index in [0.29, 0.717) is 6.42 Å². The van der Waals surface area contributed by atoms with E-state index in [1.165, 1.54) is 19.8 Å². The van der Waals surface area contributed by atoms with Crippen molar-refractivity contribution in [2.45, 2.75) is 25.0 Å². The molecule has 1 rings (SSSR count). The van der Waals surface area contributed by atoms with E-state index < -0.39 is 11.7 Å². The molecule has 0 saturated carbocycles. The highest BCUT2D eigenvalue weighted by Gasteiger charge is 2.31. The summed E-state index contributed by atoms with van der Waals surface area (Å²) in [5.41, 5.74) is 6.38. The Bertz CT molecular complexity index is 347. The summed E-state index contributed by atoms with van der Waals surface area (Å²) in [5, 5.41) is 0. The highest BCUT2D eigenvalue weighted by molar-refractivity contribution is 5.74. The van der Waals surface area contributed by atoms with Crippen LogP contribution >= 0.6 is 0 Å². The molecule has 1 aromatic carbocycles. The van der Waals surface area contributed by atoms with Gasteiger partial charge >= 0.3 is 0 Å². The number of benzene rings is 1. The van der Waals surface area contributed by atoms with Gasteiger partial charge in [0.1, 0.15) is 0 Å². The molecular weight excluding hydrogens is 218 g/mol. The summed E-state index contributed by atoms with van der Waals surface area (Å²) in [4.78, 5) is 11.0. The van der Waals surface area contributed by atoms with Crippen molar-refractivity contribution in [3.63, 3.8) is 0 Å². The molecule has 0 saturated heterocycles.